The summed E-state index contributed by atoms with van der Waals surface area (Å²) in [5, 5.41) is 0. The highest BCUT2D eigenvalue weighted by atomic mass is 32.1. The second-order valence-corrected chi connectivity index (χ2v) is 3.17. The number of hydrogen-bond donors (Lipinski definition) is 1. The first-order valence-corrected chi connectivity index (χ1v) is 4.67. The average molecular weight is 196 g/mol. The van der Waals surface area contributed by atoms with Crippen LogP contribution in [0.5, 0.6) is 5.75 Å². The van der Waals surface area contributed by atoms with Crippen LogP contribution >= 0.6 is 12.6 Å². The Kier molecular flexibility index (Phi) is 3.83. The maximum Gasteiger partial charge on any atom is 0.311 e. The summed E-state index contributed by atoms with van der Waals surface area (Å²) in [6.07, 6.45) is 1.25. The number of rotatable bonds is 3. The number of hydrogen-bond acceptors (Lipinski definition) is 3. The summed E-state index contributed by atoms with van der Waals surface area (Å²) < 4.78 is 5.07. The average Bonchev–Trinajstić information content (AvgIpc) is 2.09. The third-order valence-corrected chi connectivity index (χ3v) is 1.91. The summed E-state index contributed by atoms with van der Waals surface area (Å²) >= 11 is 4.16. The number of benzene rings is 1. The maximum atomic E-state index is 11.1. The standard InChI is InChI=1S/C10H12O2S/c1-2-5-10(11)12-8-6-3-4-7-9(8)13/h3-4,6-7,13H,2,5H2,1H3. The van der Waals surface area contributed by atoms with E-state index in [0.29, 0.717) is 17.1 Å². The summed E-state index contributed by atoms with van der Waals surface area (Å²) in [6, 6.07) is 7.18. The third-order valence-electron chi connectivity index (χ3n) is 1.54. The minimum atomic E-state index is -0.205. The molecule has 3 heteroatoms. The van der Waals surface area contributed by atoms with Crippen molar-refractivity contribution in [3.63, 3.8) is 0 Å². The van der Waals surface area contributed by atoms with Gasteiger partial charge in [0.2, 0.25) is 0 Å². The molecule has 0 spiro atoms. The fraction of sp³-hybridized carbons (Fsp3) is 0.300. The summed E-state index contributed by atoms with van der Waals surface area (Å²) in [4.78, 5) is 11.8. The van der Waals surface area contributed by atoms with Gasteiger partial charge in [-0.15, -0.1) is 12.6 Å². The van der Waals surface area contributed by atoms with Crippen LogP contribution in [0.3, 0.4) is 0 Å². The van der Waals surface area contributed by atoms with E-state index in [9.17, 15) is 4.79 Å². The van der Waals surface area contributed by atoms with Gasteiger partial charge >= 0.3 is 5.97 Å². The van der Waals surface area contributed by atoms with Gasteiger partial charge in [-0.2, -0.15) is 0 Å². The van der Waals surface area contributed by atoms with Crippen molar-refractivity contribution in [2.24, 2.45) is 0 Å². The van der Waals surface area contributed by atoms with Crippen LogP contribution in [0.4, 0.5) is 0 Å². The number of carbonyl (C=O) groups is 1. The van der Waals surface area contributed by atoms with Crippen molar-refractivity contribution in [1.29, 1.82) is 0 Å². The molecule has 0 N–H and O–H groups in total. The van der Waals surface area contributed by atoms with Crippen molar-refractivity contribution >= 4 is 18.6 Å². The van der Waals surface area contributed by atoms with Crippen LogP contribution in [0.15, 0.2) is 29.2 Å². The molecule has 0 saturated heterocycles. The van der Waals surface area contributed by atoms with Crippen LogP contribution in [0.2, 0.25) is 0 Å². The summed E-state index contributed by atoms with van der Waals surface area (Å²) in [5.41, 5.74) is 0. The predicted molar refractivity (Wildman–Crippen MR) is 54.2 cm³/mol. The molecule has 0 aliphatic rings. The minimum Gasteiger partial charge on any atom is -0.425 e. The molecule has 70 valence electrons. The van der Waals surface area contributed by atoms with Crippen molar-refractivity contribution in [2.45, 2.75) is 24.7 Å². The van der Waals surface area contributed by atoms with Gasteiger partial charge in [0.25, 0.3) is 0 Å². The monoisotopic (exact) mass is 196 g/mol. The fourth-order valence-electron chi connectivity index (χ4n) is 0.921. The number of carbonyl (C=O) groups excluding carboxylic acids is 1. The summed E-state index contributed by atoms with van der Waals surface area (Å²) in [7, 11) is 0. The fourth-order valence-corrected chi connectivity index (χ4v) is 1.13. The quantitative estimate of drug-likeness (QED) is 0.457. The Morgan fingerprint density at radius 1 is 1.46 bits per heavy atom. The van der Waals surface area contributed by atoms with E-state index < -0.39 is 0 Å². The lowest BCUT2D eigenvalue weighted by atomic mass is 10.3. The van der Waals surface area contributed by atoms with Gasteiger partial charge in [-0.05, 0) is 18.6 Å². The van der Waals surface area contributed by atoms with E-state index in [1.807, 2.05) is 19.1 Å². The van der Waals surface area contributed by atoms with Crippen molar-refractivity contribution < 1.29 is 9.53 Å². The van der Waals surface area contributed by atoms with Gasteiger partial charge in [-0.1, -0.05) is 19.1 Å². The highest BCUT2D eigenvalue weighted by molar-refractivity contribution is 7.80. The zero-order chi connectivity index (χ0) is 9.68. The van der Waals surface area contributed by atoms with Crippen LogP contribution in [0.1, 0.15) is 19.8 Å². The molecule has 0 unspecified atom stereocenters. The molecule has 0 aliphatic carbocycles. The first-order valence-electron chi connectivity index (χ1n) is 4.22. The third kappa shape index (κ3) is 3.11. The van der Waals surface area contributed by atoms with Gasteiger partial charge in [0, 0.05) is 11.3 Å². The maximum absolute atomic E-state index is 11.1. The van der Waals surface area contributed by atoms with Gasteiger partial charge in [0.1, 0.15) is 5.75 Å². The molecule has 0 saturated carbocycles. The Labute approximate surface area is 83.3 Å². The van der Waals surface area contributed by atoms with E-state index in [0.717, 1.165) is 6.42 Å². The molecule has 0 fully saturated rings. The Morgan fingerprint density at radius 3 is 2.77 bits per heavy atom. The van der Waals surface area contributed by atoms with Gasteiger partial charge in [0.05, 0.1) is 0 Å². The molecule has 2 nitrogen and oxygen atoms in total. The highest BCUT2D eigenvalue weighted by Crippen LogP contribution is 2.21. The van der Waals surface area contributed by atoms with Gasteiger partial charge in [0.15, 0.2) is 0 Å². The van der Waals surface area contributed by atoms with Crippen LogP contribution in [0.25, 0.3) is 0 Å². The van der Waals surface area contributed by atoms with E-state index >= 15 is 0 Å². The minimum absolute atomic E-state index is 0.205. The first-order chi connectivity index (χ1) is 6.24. The van der Waals surface area contributed by atoms with Crippen molar-refractivity contribution in [3.05, 3.63) is 24.3 Å². The molecular weight excluding hydrogens is 184 g/mol. The summed E-state index contributed by atoms with van der Waals surface area (Å²) in [5.74, 6) is 0.327. The lowest BCUT2D eigenvalue weighted by molar-refractivity contribution is -0.134. The number of para-hydroxylation sites is 1. The molecule has 0 heterocycles. The lowest BCUT2D eigenvalue weighted by Gasteiger charge is -2.04. The summed E-state index contributed by atoms with van der Waals surface area (Å²) in [6.45, 7) is 1.94. The molecule has 0 aromatic heterocycles. The highest BCUT2D eigenvalue weighted by Gasteiger charge is 2.04. The molecule has 13 heavy (non-hydrogen) atoms. The number of thiol groups is 1. The zero-order valence-electron chi connectivity index (χ0n) is 7.49. The van der Waals surface area contributed by atoms with Crippen LogP contribution < -0.4 is 4.74 Å². The van der Waals surface area contributed by atoms with E-state index in [1.54, 1.807) is 12.1 Å². The van der Waals surface area contributed by atoms with E-state index in [4.69, 9.17) is 4.74 Å². The van der Waals surface area contributed by atoms with Crippen molar-refractivity contribution in [1.82, 2.24) is 0 Å². The lowest BCUT2D eigenvalue weighted by Crippen LogP contribution is -2.07. The van der Waals surface area contributed by atoms with E-state index in [2.05, 4.69) is 12.6 Å². The van der Waals surface area contributed by atoms with Crippen molar-refractivity contribution in [3.8, 4) is 5.75 Å². The largest absolute Gasteiger partial charge is 0.425 e. The predicted octanol–water partition coefficient (Wildman–Crippen LogP) is 2.68. The normalized spacial score (nSPS) is 9.69. The molecule has 1 aromatic carbocycles. The first kappa shape index (κ1) is 10.1. The number of esters is 1. The molecular formula is C10H12O2S. The molecule has 0 amide bonds. The van der Waals surface area contributed by atoms with Crippen LogP contribution in [-0.2, 0) is 4.79 Å². The van der Waals surface area contributed by atoms with E-state index in [1.165, 1.54) is 0 Å². The van der Waals surface area contributed by atoms with Crippen molar-refractivity contribution in [2.75, 3.05) is 0 Å². The van der Waals surface area contributed by atoms with Crippen LogP contribution in [0, 0.1) is 0 Å². The van der Waals surface area contributed by atoms with Gasteiger partial charge in [-0.25, -0.2) is 0 Å². The smallest absolute Gasteiger partial charge is 0.311 e. The van der Waals surface area contributed by atoms with E-state index in [-0.39, 0.29) is 5.97 Å². The second-order valence-electron chi connectivity index (χ2n) is 2.69. The van der Waals surface area contributed by atoms with Crippen LogP contribution in [-0.4, -0.2) is 5.97 Å². The Hall–Kier alpha value is -0.960. The van der Waals surface area contributed by atoms with Gasteiger partial charge in [-0.3, -0.25) is 4.79 Å². The van der Waals surface area contributed by atoms with Gasteiger partial charge < -0.3 is 4.74 Å². The Morgan fingerprint density at radius 2 is 2.15 bits per heavy atom. The molecule has 0 bridgehead atoms. The molecule has 1 aromatic rings. The number of ether oxygens (including phenoxy) is 1. The Bertz CT molecular complexity index is 297. The Balaban J connectivity index is 2.63. The molecule has 0 aliphatic heterocycles. The molecule has 0 radical (unpaired) electrons. The topological polar surface area (TPSA) is 26.3 Å². The zero-order valence-corrected chi connectivity index (χ0v) is 8.38. The molecule has 1 rings (SSSR count). The SMILES string of the molecule is CCCC(=O)Oc1ccccc1S. The second kappa shape index (κ2) is 4.92. The molecule has 0 atom stereocenters.